The van der Waals surface area contributed by atoms with Gasteiger partial charge in [-0.05, 0) is 24.6 Å². The molecule has 0 N–H and O–H groups in total. The highest BCUT2D eigenvalue weighted by molar-refractivity contribution is 5.94. The van der Waals surface area contributed by atoms with Crippen molar-refractivity contribution >= 4 is 16.6 Å². The van der Waals surface area contributed by atoms with Gasteiger partial charge in [0.25, 0.3) is 0 Å². The van der Waals surface area contributed by atoms with Crippen LogP contribution in [0.25, 0.3) is 27.9 Å². The molecule has 20 heavy (non-hydrogen) atoms. The van der Waals surface area contributed by atoms with Gasteiger partial charge in [0.2, 0.25) is 0 Å². The first-order valence-electron chi connectivity index (χ1n) is 6.59. The van der Waals surface area contributed by atoms with Crippen molar-refractivity contribution in [1.29, 1.82) is 0 Å². The third-order valence-electron chi connectivity index (χ3n) is 3.72. The van der Waals surface area contributed by atoms with E-state index in [0.717, 1.165) is 27.9 Å². The number of aromatic nitrogens is 4. The summed E-state index contributed by atoms with van der Waals surface area (Å²) in [6.07, 6.45) is 7.92. The molecule has 0 aliphatic heterocycles. The number of rotatable bonds is 1. The monoisotopic (exact) mass is 262 g/mol. The molecule has 3 heterocycles. The summed E-state index contributed by atoms with van der Waals surface area (Å²) in [6, 6.07) is 8.27. The minimum Gasteiger partial charge on any atom is -0.334 e. The highest BCUT2D eigenvalue weighted by Gasteiger charge is 2.13. The van der Waals surface area contributed by atoms with E-state index in [4.69, 9.17) is 4.98 Å². The summed E-state index contributed by atoms with van der Waals surface area (Å²) >= 11 is 0. The van der Waals surface area contributed by atoms with E-state index in [1.165, 1.54) is 5.56 Å². The van der Waals surface area contributed by atoms with E-state index in [1.54, 1.807) is 0 Å². The number of benzene rings is 1. The zero-order valence-electron chi connectivity index (χ0n) is 11.4. The Morgan fingerprint density at radius 1 is 1.10 bits per heavy atom. The fraction of sp³-hybridized carbons (Fsp3) is 0.125. The van der Waals surface area contributed by atoms with E-state index in [1.807, 2.05) is 46.7 Å². The van der Waals surface area contributed by atoms with Crippen LogP contribution in [0.15, 0.2) is 49.1 Å². The Balaban J connectivity index is 2.17. The van der Waals surface area contributed by atoms with Gasteiger partial charge in [-0.1, -0.05) is 12.1 Å². The average molecular weight is 262 g/mol. The standard InChI is InChI=1S/C16H14N4/c1-11-5-6-12-10-20-8-3-4-13(20)18-15(12)14(11)16-17-7-9-19(16)2/h3-10H,1-2H3. The van der Waals surface area contributed by atoms with Crippen LogP contribution < -0.4 is 0 Å². The molecular formula is C16H14N4. The highest BCUT2D eigenvalue weighted by atomic mass is 15.0. The Hall–Kier alpha value is -2.62. The topological polar surface area (TPSA) is 35.1 Å². The van der Waals surface area contributed by atoms with Crippen LogP contribution in [0.1, 0.15) is 5.56 Å². The Bertz CT molecular complexity index is 930. The first-order chi connectivity index (χ1) is 9.74. The fourth-order valence-corrected chi connectivity index (χ4v) is 2.67. The Morgan fingerprint density at radius 3 is 2.80 bits per heavy atom. The van der Waals surface area contributed by atoms with Crippen molar-refractivity contribution in [3.05, 3.63) is 54.6 Å². The van der Waals surface area contributed by atoms with Gasteiger partial charge in [0, 0.05) is 42.8 Å². The van der Waals surface area contributed by atoms with Crippen molar-refractivity contribution in [3.8, 4) is 11.4 Å². The Labute approximate surface area is 116 Å². The summed E-state index contributed by atoms with van der Waals surface area (Å²) < 4.78 is 4.08. The van der Waals surface area contributed by atoms with Crippen molar-refractivity contribution in [3.63, 3.8) is 0 Å². The summed E-state index contributed by atoms with van der Waals surface area (Å²) in [4.78, 5) is 9.29. The number of imidazole rings is 1. The summed E-state index contributed by atoms with van der Waals surface area (Å²) in [5, 5.41) is 1.12. The van der Waals surface area contributed by atoms with Crippen LogP contribution in [0.2, 0.25) is 0 Å². The van der Waals surface area contributed by atoms with Crippen molar-refractivity contribution in [2.45, 2.75) is 6.92 Å². The summed E-state index contributed by atoms with van der Waals surface area (Å²) in [5.74, 6) is 0.955. The van der Waals surface area contributed by atoms with Gasteiger partial charge >= 0.3 is 0 Å². The van der Waals surface area contributed by atoms with E-state index >= 15 is 0 Å². The molecule has 0 amide bonds. The number of fused-ring (bicyclic) bond motifs is 2. The normalized spacial score (nSPS) is 11.5. The highest BCUT2D eigenvalue weighted by Crippen LogP contribution is 2.29. The molecule has 0 saturated heterocycles. The summed E-state index contributed by atoms with van der Waals surface area (Å²) in [5.41, 5.74) is 4.26. The van der Waals surface area contributed by atoms with Gasteiger partial charge in [-0.3, -0.25) is 0 Å². The van der Waals surface area contributed by atoms with Crippen LogP contribution >= 0.6 is 0 Å². The molecule has 0 unspecified atom stereocenters. The van der Waals surface area contributed by atoms with Gasteiger partial charge in [0.15, 0.2) is 0 Å². The predicted octanol–water partition coefficient (Wildman–Crippen LogP) is 3.20. The molecule has 1 aromatic carbocycles. The van der Waals surface area contributed by atoms with E-state index < -0.39 is 0 Å². The van der Waals surface area contributed by atoms with Gasteiger partial charge in [-0.25, -0.2) is 9.97 Å². The molecule has 0 aliphatic rings. The molecule has 98 valence electrons. The molecule has 3 aromatic heterocycles. The quantitative estimate of drug-likeness (QED) is 0.528. The van der Waals surface area contributed by atoms with Gasteiger partial charge < -0.3 is 8.97 Å². The lowest BCUT2D eigenvalue weighted by molar-refractivity contribution is 0.924. The minimum absolute atomic E-state index is 0.955. The molecule has 0 radical (unpaired) electrons. The molecule has 0 spiro atoms. The second-order valence-electron chi connectivity index (χ2n) is 5.07. The van der Waals surface area contributed by atoms with Crippen molar-refractivity contribution in [1.82, 2.24) is 18.9 Å². The van der Waals surface area contributed by atoms with Gasteiger partial charge in [-0.15, -0.1) is 0 Å². The molecule has 0 bridgehead atoms. The second-order valence-corrected chi connectivity index (χ2v) is 5.07. The third-order valence-corrected chi connectivity index (χ3v) is 3.72. The Morgan fingerprint density at radius 2 is 2.00 bits per heavy atom. The maximum atomic E-state index is 4.81. The largest absolute Gasteiger partial charge is 0.334 e. The molecule has 4 rings (SSSR count). The maximum absolute atomic E-state index is 4.81. The molecule has 4 heteroatoms. The smallest absolute Gasteiger partial charge is 0.142 e. The van der Waals surface area contributed by atoms with Crippen LogP contribution in [0.5, 0.6) is 0 Å². The van der Waals surface area contributed by atoms with Crippen LogP contribution in [0.4, 0.5) is 0 Å². The van der Waals surface area contributed by atoms with E-state index in [-0.39, 0.29) is 0 Å². The molecule has 0 fully saturated rings. The fourth-order valence-electron chi connectivity index (χ4n) is 2.67. The van der Waals surface area contributed by atoms with Crippen LogP contribution in [-0.4, -0.2) is 18.9 Å². The van der Waals surface area contributed by atoms with E-state index in [0.29, 0.717) is 0 Å². The van der Waals surface area contributed by atoms with Crippen LogP contribution in [0.3, 0.4) is 0 Å². The van der Waals surface area contributed by atoms with E-state index in [9.17, 15) is 0 Å². The van der Waals surface area contributed by atoms with Crippen molar-refractivity contribution in [2.24, 2.45) is 7.05 Å². The van der Waals surface area contributed by atoms with Crippen LogP contribution in [-0.2, 0) is 7.05 Å². The van der Waals surface area contributed by atoms with Crippen LogP contribution in [0, 0.1) is 6.92 Å². The van der Waals surface area contributed by atoms with Crippen molar-refractivity contribution < 1.29 is 0 Å². The zero-order chi connectivity index (χ0) is 13.7. The zero-order valence-corrected chi connectivity index (χ0v) is 11.4. The maximum Gasteiger partial charge on any atom is 0.142 e. The van der Waals surface area contributed by atoms with Crippen molar-refractivity contribution in [2.75, 3.05) is 0 Å². The number of aryl methyl sites for hydroxylation is 2. The number of hydrogen-bond donors (Lipinski definition) is 0. The lowest BCUT2D eigenvalue weighted by Crippen LogP contribution is -1.97. The molecule has 0 aliphatic carbocycles. The second kappa shape index (κ2) is 3.93. The lowest BCUT2D eigenvalue weighted by atomic mass is 10.0. The Kier molecular flexibility index (Phi) is 2.21. The minimum atomic E-state index is 0.955. The van der Waals surface area contributed by atoms with Gasteiger partial charge in [0.1, 0.15) is 11.5 Å². The first-order valence-corrected chi connectivity index (χ1v) is 6.59. The van der Waals surface area contributed by atoms with Gasteiger partial charge in [-0.2, -0.15) is 0 Å². The number of hydrogen-bond acceptors (Lipinski definition) is 2. The SMILES string of the molecule is Cc1ccc2cn3cccc3nc2c1-c1nccn1C. The molecule has 0 atom stereocenters. The summed E-state index contributed by atoms with van der Waals surface area (Å²) in [6.45, 7) is 2.10. The molecule has 4 nitrogen and oxygen atoms in total. The average Bonchev–Trinajstić information content (AvgIpc) is 3.05. The van der Waals surface area contributed by atoms with Gasteiger partial charge in [0.05, 0.1) is 5.52 Å². The van der Waals surface area contributed by atoms with E-state index in [2.05, 4.69) is 30.2 Å². The molecule has 0 saturated carbocycles. The summed E-state index contributed by atoms with van der Waals surface area (Å²) in [7, 11) is 2.01. The predicted molar refractivity (Wildman–Crippen MR) is 79.6 cm³/mol. The third kappa shape index (κ3) is 1.48. The number of nitrogens with zero attached hydrogens (tertiary/aromatic N) is 4. The molecular weight excluding hydrogens is 248 g/mol. The first kappa shape index (κ1) is 11.2. The lowest BCUT2D eigenvalue weighted by Gasteiger charge is -2.10. The molecule has 4 aromatic rings.